The predicted octanol–water partition coefficient (Wildman–Crippen LogP) is 0.271. The third-order valence-electron chi connectivity index (χ3n) is 4.40. The summed E-state index contributed by atoms with van der Waals surface area (Å²) in [5.74, 6) is -0.153. The highest BCUT2D eigenvalue weighted by Gasteiger charge is 2.26. The molecule has 8 nitrogen and oxygen atoms in total. The molecular formula is C16H23N5O3. The van der Waals surface area contributed by atoms with Crippen molar-refractivity contribution in [2.24, 2.45) is 14.1 Å². The number of nitrogens with zero attached hydrogens (tertiary/aromatic N) is 5. The maximum Gasteiger partial charge on any atom is 0.272 e. The SMILES string of the molecule is Cc1nn(C)c(C)c1-c1cc(C(=O)N2CCOC[C@H](O)C2)n(C)n1. The lowest BCUT2D eigenvalue weighted by atomic mass is 10.1. The van der Waals surface area contributed by atoms with Crippen LogP contribution in [-0.2, 0) is 18.8 Å². The molecule has 1 N–H and O–H groups in total. The van der Waals surface area contributed by atoms with Crippen LogP contribution >= 0.6 is 0 Å². The van der Waals surface area contributed by atoms with Gasteiger partial charge in [-0.25, -0.2) is 0 Å². The minimum Gasteiger partial charge on any atom is -0.389 e. The van der Waals surface area contributed by atoms with Crippen molar-refractivity contribution in [3.63, 3.8) is 0 Å². The van der Waals surface area contributed by atoms with Crippen LogP contribution in [0.3, 0.4) is 0 Å². The van der Waals surface area contributed by atoms with Crippen LogP contribution in [0.15, 0.2) is 6.07 Å². The van der Waals surface area contributed by atoms with Gasteiger partial charge in [-0.05, 0) is 19.9 Å². The van der Waals surface area contributed by atoms with Gasteiger partial charge in [-0.3, -0.25) is 14.2 Å². The minimum absolute atomic E-state index is 0.153. The normalized spacial score (nSPS) is 18.7. The van der Waals surface area contributed by atoms with Crippen molar-refractivity contribution in [3.8, 4) is 11.3 Å². The first-order valence-electron chi connectivity index (χ1n) is 7.98. The summed E-state index contributed by atoms with van der Waals surface area (Å²) < 4.78 is 8.68. The highest BCUT2D eigenvalue weighted by Crippen LogP contribution is 2.26. The summed E-state index contributed by atoms with van der Waals surface area (Å²) in [5, 5.41) is 18.7. The fourth-order valence-corrected chi connectivity index (χ4v) is 3.07. The van der Waals surface area contributed by atoms with Gasteiger partial charge in [-0.15, -0.1) is 0 Å². The maximum atomic E-state index is 12.8. The molecule has 1 atom stereocenters. The molecule has 0 radical (unpaired) electrons. The van der Waals surface area contributed by atoms with E-state index >= 15 is 0 Å². The molecule has 3 heterocycles. The van der Waals surface area contributed by atoms with Crippen LogP contribution in [-0.4, -0.2) is 67.9 Å². The second-order valence-electron chi connectivity index (χ2n) is 6.19. The molecule has 1 aliphatic rings. The Kier molecular flexibility index (Phi) is 4.42. The van der Waals surface area contributed by atoms with E-state index in [9.17, 15) is 9.90 Å². The average molecular weight is 333 g/mol. The van der Waals surface area contributed by atoms with E-state index in [2.05, 4.69) is 10.2 Å². The summed E-state index contributed by atoms with van der Waals surface area (Å²) in [6.45, 7) is 5.32. The van der Waals surface area contributed by atoms with Gasteiger partial charge in [0.15, 0.2) is 0 Å². The summed E-state index contributed by atoms with van der Waals surface area (Å²) >= 11 is 0. The molecule has 1 saturated heterocycles. The zero-order valence-electron chi connectivity index (χ0n) is 14.5. The van der Waals surface area contributed by atoms with E-state index < -0.39 is 6.10 Å². The third kappa shape index (κ3) is 2.94. The summed E-state index contributed by atoms with van der Waals surface area (Å²) in [4.78, 5) is 14.4. The first-order chi connectivity index (χ1) is 11.4. The molecule has 1 fully saturated rings. The lowest BCUT2D eigenvalue weighted by Gasteiger charge is -2.21. The van der Waals surface area contributed by atoms with Crippen LogP contribution in [0, 0.1) is 13.8 Å². The van der Waals surface area contributed by atoms with Gasteiger partial charge in [-0.1, -0.05) is 0 Å². The van der Waals surface area contributed by atoms with Crippen molar-refractivity contribution in [1.29, 1.82) is 0 Å². The Morgan fingerprint density at radius 2 is 2.04 bits per heavy atom. The maximum absolute atomic E-state index is 12.8. The van der Waals surface area contributed by atoms with Crippen molar-refractivity contribution in [2.75, 3.05) is 26.3 Å². The number of aliphatic hydroxyl groups is 1. The van der Waals surface area contributed by atoms with E-state index in [0.717, 1.165) is 22.6 Å². The second kappa shape index (κ2) is 6.37. The molecule has 3 rings (SSSR count). The van der Waals surface area contributed by atoms with Gasteiger partial charge < -0.3 is 14.7 Å². The number of carbonyl (C=O) groups is 1. The molecule has 8 heteroatoms. The molecule has 130 valence electrons. The van der Waals surface area contributed by atoms with Gasteiger partial charge in [0, 0.05) is 38.4 Å². The van der Waals surface area contributed by atoms with Crippen LogP contribution in [0.2, 0.25) is 0 Å². The van der Waals surface area contributed by atoms with Crippen molar-refractivity contribution < 1.29 is 14.6 Å². The molecule has 2 aromatic rings. The molecule has 1 aliphatic heterocycles. The van der Waals surface area contributed by atoms with Crippen molar-refractivity contribution in [2.45, 2.75) is 20.0 Å². The third-order valence-corrected chi connectivity index (χ3v) is 4.40. The van der Waals surface area contributed by atoms with Crippen LogP contribution < -0.4 is 0 Å². The van der Waals surface area contributed by atoms with Crippen molar-refractivity contribution >= 4 is 5.91 Å². The highest BCUT2D eigenvalue weighted by molar-refractivity contribution is 5.94. The molecule has 0 aromatic carbocycles. The molecule has 0 spiro atoms. The van der Waals surface area contributed by atoms with Gasteiger partial charge in [0.1, 0.15) is 5.69 Å². The molecule has 1 amide bonds. The standard InChI is InChI=1S/C16H23N5O3/c1-10-15(11(2)19(3)17-10)13-7-14(20(4)18-13)16(23)21-5-6-24-9-12(22)8-21/h7,12,22H,5-6,8-9H2,1-4H3/t12-/m1/s1. The quantitative estimate of drug-likeness (QED) is 0.853. The molecule has 24 heavy (non-hydrogen) atoms. The highest BCUT2D eigenvalue weighted by atomic mass is 16.5. The summed E-state index contributed by atoms with van der Waals surface area (Å²) in [5.41, 5.74) is 4.05. The Balaban J connectivity index is 1.92. The number of carbonyl (C=O) groups excluding carboxylic acids is 1. The fraction of sp³-hybridized carbons (Fsp3) is 0.562. The van der Waals surface area contributed by atoms with Crippen LogP contribution in [0.4, 0.5) is 0 Å². The summed E-state index contributed by atoms with van der Waals surface area (Å²) in [6.07, 6.45) is -0.660. The van der Waals surface area contributed by atoms with Gasteiger partial charge >= 0.3 is 0 Å². The number of aryl methyl sites for hydroxylation is 3. The second-order valence-corrected chi connectivity index (χ2v) is 6.19. The zero-order chi connectivity index (χ0) is 17.4. The number of amides is 1. The molecule has 0 bridgehead atoms. The fourth-order valence-electron chi connectivity index (χ4n) is 3.07. The Hall–Kier alpha value is -2.19. The largest absolute Gasteiger partial charge is 0.389 e. The number of rotatable bonds is 2. The first kappa shape index (κ1) is 16.7. The van der Waals surface area contributed by atoms with Gasteiger partial charge in [0.2, 0.25) is 0 Å². The molecule has 0 aliphatic carbocycles. The summed E-state index contributed by atoms with van der Waals surface area (Å²) in [6, 6.07) is 1.79. The monoisotopic (exact) mass is 333 g/mol. The van der Waals surface area contributed by atoms with Crippen LogP contribution in [0.5, 0.6) is 0 Å². The Morgan fingerprint density at radius 1 is 1.29 bits per heavy atom. The molecule has 0 saturated carbocycles. The van der Waals surface area contributed by atoms with E-state index in [1.807, 2.05) is 25.6 Å². The lowest BCUT2D eigenvalue weighted by Crippen LogP contribution is -2.38. The van der Waals surface area contributed by atoms with Gasteiger partial charge in [0.25, 0.3) is 5.91 Å². The minimum atomic E-state index is -0.660. The van der Waals surface area contributed by atoms with E-state index in [-0.39, 0.29) is 19.1 Å². The van der Waals surface area contributed by atoms with Crippen LogP contribution in [0.1, 0.15) is 21.9 Å². The Bertz CT molecular complexity index is 764. The van der Waals surface area contributed by atoms with Gasteiger partial charge in [-0.2, -0.15) is 10.2 Å². The molecular weight excluding hydrogens is 310 g/mol. The number of hydrogen-bond donors (Lipinski definition) is 1. The number of β-amino-alcohol motifs (C(OH)–C–C–N with tert-alkyl or cyclic N) is 1. The van der Waals surface area contributed by atoms with Crippen LogP contribution in [0.25, 0.3) is 11.3 Å². The first-order valence-corrected chi connectivity index (χ1v) is 7.98. The van der Waals surface area contributed by atoms with E-state index in [4.69, 9.17) is 4.74 Å². The Labute approximate surface area is 140 Å². The molecule has 2 aromatic heterocycles. The van der Waals surface area contributed by atoms with Gasteiger partial charge in [0.05, 0.1) is 30.7 Å². The zero-order valence-corrected chi connectivity index (χ0v) is 14.5. The van der Waals surface area contributed by atoms with E-state index in [1.54, 1.807) is 22.7 Å². The number of hydrogen-bond acceptors (Lipinski definition) is 5. The number of aromatic nitrogens is 4. The van der Waals surface area contributed by atoms with Crippen molar-refractivity contribution in [3.05, 3.63) is 23.1 Å². The topological polar surface area (TPSA) is 85.4 Å². The molecule has 0 unspecified atom stereocenters. The smallest absolute Gasteiger partial charge is 0.272 e. The predicted molar refractivity (Wildman–Crippen MR) is 87.6 cm³/mol. The lowest BCUT2D eigenvalue weighted by molar-refractivity contribution is 0.0531. The average Bonchev–Trinajstić information content (AvgIpc) is 2.90. The Morgan fingerprint density at radius 3 is 2.71 bits per heavy atom. The summed E-state index contributed by atoms with van der Waals surface area (Å²) in [7, 11) is 3.64. The van der Waals surface area contributed by atoms with Crippen molar-refractivity contribution in [1.82, 2.24) is 24.5 Å². The number of aliphatic hydroxyl groups excluding tert-OH is 1. The van der Waals surface area contributed by atoms with E-state index in [0.29, 0.717) is 18.8 Å². The van der Waals surface area contributed by atoms with E-state index in [1.165, 1.54) is 0 Å². The number of ether oxygens (including phenoxy) is 1.